The predicted octanol–water partition coefficient (Wildman–Crippen LogP) is -0.140. The van der Waals surface area contributed by atoms with Crippen LogP contribution in [0.4, 0.5) is 0 Å². The van der Waals surface area contributed by atoms with Crippen molar-refractivity contribution in [2.75, 3.05) is 0 Å². The first kappa shape index (κ1) is 28.2. The molecule has 0 bridgehead atoms. The summed E-state index contributed by atoms with van der Waals surface area (Å²) in [4.78, 5) is 49.8. The zero-order valence-corrected chi connectivity index (χ0v) is 22.3. The zero-order chi connectivity index (χ0) is 28.6. The first-order chi connectivity index (χ1) is 17.4. The second kappa shape index (κ2) is 8.87. The monoisotopic (exact) mass is 538 g/mol. The molecule has 3 N–H and O–H groups in total. The van der Waals surface area contributed by atoms with Gasteiger partial charge in [-0.2, -0.15) is 0 Å². The summed E-state index contributed by atoms with van der Waals surface area (Å²) in [5, 5.41) is 34.3. The van der Waals surface area contributed by atoms with Gasteiger partial charge < -0.3 is 39.0 Å². The third kappa shape index (κ3) is 3.88. The zero-order valence-electron chi connectivity index (χ0n) is 22.3. The summed E-state index contributed by atoms with van der Waals surface area (Å²) in [7, 11) is 0. The third-order valence-corrected chi connectivity index (χ3v) is 8.36. The van der Waals surface area contributed by atoms with E-state index in [9.17, 15) is 34.5 Å². The van der Waals surface area contributed by atoms with Gasteiger partial charge >= 0.3 is 23.9 Å². The van der Waals surface area contributed by atoms with Crippen LogP contribution in [0.25, 0.3) is 0 Å². The van der Waals surface area contributed by atoms with Crippen LogP contribution >= 0.6 is 0 Å². The molecular formula is C26H34O12. The Kier molecular flexibility index (Phi) is 6.58. The van der Waals surface area contributed by atoms with Crippen LogP contribution in [0.15, 0.2) is 23.8 Å². The highest BCUT2D eigenvalue weighted by Crippen LogP contribution is 2.65. The van der Waals surface area contributed by atoms with Gasteiger partial charge in [-0.15, -0.1) is 0 Å². The van der Waals surface area contributed by atoms with Gasteiger partial charge in [0, 0.05) is 32.1 Å². The normalized spacial score (nSPS) is 48.7. The van der Waals surface area contributed by atoms with Crippen molar-refractivity contribution < 1.29 is 58.2 Å². The Labute approximate surface area is 219 Å². The van der Waals surface area contributed by atoms with E-state index < -0.39 is 88.6 Å². The number of hydrogen-bond acceptors (Lipinski definition) is 12. The fraction of sp³-hybridized carbons (Fsp3) is 0.692. The fourth-order valence-corrected chi connectivity index (χ4v) is 6.55. The van der Waals surface area contributed by atoms with E-state index >= 15 is 0 Å². The molecule has 1 spiro atoms. The summed E-state index contributed by atoms with van der Waals surface area (Å²) in [6.07, 6.45) is -4.55. The molecule has 12 nitrogen and oxygen atoms in total. The lowest BCUT2D eigenvalue weighted by molar-refractivity contribution is -0.226. The van der Waals surface area contributed by atoms with Crippen molar-refractivity contribution in [3.63, 3.8) is 0 Å². The molecule has 2 heterocycles. The van der Waals surface area contributed by atoms with Gasteiger partial charge in [0.2, 0.25) is 0 Å². The Morgan fingerprint density at radius 1 is 0.947 bits per heavy atom. The molecule has 4 rings (SSSR count). The minimum atomic E-state index is -2.07. The topological polar surface area (TPSA) is 178 Å². The number of epoxide rings is 1. The standard InChI is InChI=1S/C26H34O12/c1-11-10-16-26(25(7,38-26)22(32)37-16)21(36-14(4)29)19-23(5,9-8-15(30)24(19,6)33)20(35-13(3)28)17(31)18(11)34-12(2)27/h8-10,15-21,30-31,33H,1-7H3/b11-10-/t15-,16+,17-,18+,19-,20+,21+,23-,24-,25+,26+/m1/s1. The first-order valence-corrected chi connectivity index (χ1v) is 12.3. The molecule has 0 radical (unpaired) electrons. The van der Waals surface area contributed by atoms with Gasteiger partial charge in [0.15, 0.2) is 23.4 Å². The molecule has 210 valence electrons. The molecule has 12 heteroatoms. The summed E-state index contributed by atoms with van der Waals surface area (Å²) in [5.74, 6) is -4.41. The van der Waals surface area contributed by atoms with Gasteiger partial charge in [0.1, 0.15) is 24.4 Å². The van der Waals surface area contributed by atoms with Crippen LogP contribution in [-0.2, 0) is 42.9 Å². The Morgan fingerprint density at radius 2 is 1.50 bits per heavy atom. The highest BCUT2D eigenvalue weighted by atomic mass is 16.7. The average molecular weight is 539 g/mol. The van der Waals surface area contributed by atoms with Crippen molar-refractivity contribution in [1.82, 2.24) is 0 Å². The Morgan fingerprint density at radius 3 is 2.03 bits per heavy atom. The van der Waals surface area contributed by atoms with E-state index in [1.807, 2.05) is 0 Å². The number of hydrogen-bond donors (Lipinski definition) is 3. The largest absolute Gasteiger partial charge is 0.459 e. The van der Waals surface area contributed by atoms with Crippen LogP contribution in [0.2, 0.25) is 0 Å². The van der Waals surface area contributed by atoms with Crippen LogP contribution in [0, 0.1) is 11.3 Å². The quantitative estimate of drug-likeness (QED) is 0.188. The summed E-state index contributed by atoms with van der Waals surface area (Å²) < 4.78 is 28.5. The lowest BCUT2D eigenvalue weighted by Gasteiger charge is -2.55. The molecule has 11 atom stereocenters. The molecule has 0 aromatic heterocycles. The van der Waals surface area contributed by atoms with E-state index in [1.54, 1.807) is 0 Å². The number of carbonyl (C=O) groups excluding carboxylic acids is 4. The maximum atomic E-state index is 13.0. The highest BCUT2D eigenvalue weighted by molar-refractivity contribution is 5.89. The highest BCUT2D eigenvalue weighted by Gasteiger charge is 2.87. The van der Waals surface area contributed by atoms with Gasteiger partial charge in [0.25, 0.3) is 0 Å². The van der Waals surface area contributed by atoms with E-state index in [0.29, 0.717) is 0 Å². The Hall–Kier alpha value is -2.80. The number of fused-ring (bicyclic) bond motifs is 1. The van der Waals surface area contributed by atoms with Gasteiger partial charge in [-0.3, -0.25) is 14.4 Å². The lowest BCUT2D eigenvalue weighted by Crippen LogP contribution is -2.68. The summed E-state index contributed by atoms with van der Waals surface area (Å²) in [5.41, 5.74) is -6.67. The van der Waals surface area contributed by atoms with Crippen molar-refractivity contribution in [3.8, 4) is 0 Å². The molecule has 0 amide bonds. The average Bonchev–Trinajstić information content (AvgIpc) is 3.38. The van der Waals surface area contributed by atoms with E-state index in [2.05, 4.69) is 0 Å². The number of rotatable bonds is 3. The van der Waals surface area contributed by atoms with Crippen molar-refractivity contribution in [1.29, 1.82) is 0 Å². The summed E-state index contributed by atoms with van der Waals surface area (Å²) in [6.45, 7) is 9.23. The lowest BCUT2D eigenvalue weighted by atomic mass is 9.55. The first-order valence-electron chi connectivity index (χ1n) is 12.3. The fourth-order valence-electron chi connectivity index (χ4n) is 6.55. The maximum absolute atomic E-state index is 13.0. The number of aliphatic hydroxyl groups is 3. The minimum absolute atomic E-state index is 0.247. The molecule has 2 fully saturated rings. The molecule has 2 aliphatic heterocycles. The minimum Gasteiger partial charge on any atom is -0.459 e. The molecular weight excluding hydrogens is 504 g/mol. The molecule has 0 unspecified atom stereocenters. The number of aliphatic hydroxyl groups excluding tert-OH is 2. The molecule has 0 saturated carbocycles. The van der Waals surface area contributed by atoms with Crippen LogP contribution in [0.1, 0.15) is 48.5 Å². The molecule has 4 aliphatic rings. The van der Waals surface area contributed by atoms with Gasteiger partial charge in [-0.25, -0.2) is 4.79 Å². The van der Waals surface area contributed by atoms with Crippen LogP contribution in [0.3, 0.4) is 0 Å². The smallest absolute Gasteiger partial charge is 0.342 e. The van der Waals surface area contributed by atoms with Crippen molar-refractivity contribution in [3.05, 3.63) is 23.8 Å². The summed E-state index contributed by atoms with van der Waals surface area (Å²) >= 11 is 0. The number of carbonyl (C=O) groups is 4. The van der Waals surface area contributed by atoms with Crippen molar-refractivity contribution in [2.45, 2.75) is 102 Å². The van der Waals surface area contributed by atoms with E-state index in [-0.39, 0.29) is 5.57 Å². The molecule has 0 aromatic rings. The Bertz CT molecular complexity index is 1130. The van der Waals surface area contributed by atoms with E-state index in [0.717, 1.165) is 20.8 Å². The third-order valence-electron chi connectivity index (χ3n) is 8.36. The van der Waals surface area contributed by atoms with Gasteiger partial charge in [-0.05, 0) is 32.4 Å². The SMILES string of the molecule is CC(=O)O[C@H]1/C(C)=C\[C@@H]2OC(=O)[C@]3(C)O[C@]23[C@@H](OC(C)=O)[C@H]2[C@](C)(O)[C@H](O)C=C[C@@]2(C)[C@@H](OC(C)=O)[C@@H]1O. The van der Waals surface area contributed by atoms with E-state index in [1.165, 1.54) is 45.9 Å². The summed E-state index contributed by atoms with van der Waals surface area (Å²) in [6, 6.07) is 0. The molecule has 2 saturated heterocycles. The number of esters is 4. The second-order valence-corrected chi connectivity index (χ2v) is 11.1. The molecule has 0 aromatic carbocycles. The van der Waals surface area contributed by atoms with Crippen LogP contribution in [0.5, 0.6) is 0 Å². The molecule has 38 heavy (non-hydrogen) atoms. The van der Waals surface area contributed by atoms with Gasteiger partial charge in [-0.1, -0.05) is 19.1 Å². The van der Waals surface area contributed by atoms with Crippen molar-refractivity contribution in [2.24, 2.45) is 11.3 Å². The number of ether oxygens (including phenoxy) is 5. The van der Waals surface area contributed by atoms with E-state index in [4.69, 9.17) is 23.7 Å². The maximum Gasteiger partial charge on any atom is 0.342 e. The Balaban J connectivity index is 2.07. The predicted molar refractivity (Wildman–Crippen MR) is 126 cm³/mol. The van der Waals surface area contributed by atoms with Gasteiger partial charge in [0.05, 0.1) is 5.60 Å². The second-order valence-electron chi connectivity index (χ2n) is 11.1. The molecule has 2 aliphatic carbocycles. The van der Waals surface area contributed by atoms with Crippen molar-refractivity contribution >= 4 is 23.9 Å². The van der Waals surface area contributed by atoms with Crippen LogP contribution < -0.4 is 0 Å². The van der Waals surface area contributed by atoms with Crippen LogP contribution in [-0.4, -0.2) is 92.6 Å².